The molecule has 1 aliphatic rings. The number of halogens is 5. The Morgan fingerprint density at radius 1 is 0.762 bits per heavy atom. The smallest absolute Gasteiger partial charge is 0.200 e. The van der Waals surface area contributed by atoms with E-state index in [2.05, 4.69) is 0 Å². The van der Waals surface area contributed by atoms with Crippen LogP contribution in [0, 0.1) is 29.1 Å². The minimum absolute atomic E-state index is 0.278. The highest BCUT2D eigenvalue weighted by atomic mass is 19.2. The Bertz CT molecular complexity index is 720. The number of hydrogen-bond donors (Lipinski definition) is 0. The summed E-state index contributed by atoms with van der Waals surface area (Å²) in [5.74, 6) is -9.86. The molecule has 0 spiro atoms. The van der Waals surface area contributed by atoms with E-state index in [9.17, 15) is 22.0 Å². The van der Waals surface area contributed by atoms with Gasteiger partial charge in [-0.1, -0.05) is 36.4 Å². The average molecular weight is 296 g/mol. The highest BCUT2D eigenvalue weighted by Gasteiger charge is 2.28. The van der Waals surface area contributed by atoms with Crippen molar-refractivity contribution in [3.05, 3.63) is 76.1 Å². The second-order valence-corrected chi connectivity index (χ2v) is 4.85. The molecule has 0 aromatic heterocycles. The fourth-order valence-corrected chi connectivity index (χ4v) is 2.55. The largest absolute Gasteiger partial charge is 0.203 e. The van der Waals surface area contributed by atoms with Crippen LogP contribution in [0.5, 0.6) is 0 Å². The van der Waals surface area contributed by atoms with Crippen LogP contribution in [0.15, 0.2) is 30.3 Å². The monoisotopic (exact) mass is 296 g/mol. The van der Waals surface area contributed by atoms with E-state index in [0.717, 1.165) is 11.1 Å². The van der Waals surface area contributed by atoms with Gasteiger partial charge in [0.25, 0.3) is 0 Å². The second-order valence-electron chi connectivity index (χ2n) is 4.85. The standard InChI is InChI=1S/C16H9F5/c17-12-11(13(18)15(20)16(21)14(12)19)7-9-6-5-8-3-1-2-4-10(8)9/h1-6,9H,7H2. The van der Waals surface area contributed by atoms with Crippen LogP contribution in [0.4, 0.5) is 22.0 Å². The number of fused-ring (bicyclic) bond motifs is 1. The molecule has 0 N–H and O–H groups in total. The molecule has 0 saturated carbocycles. The molecule has 0 bridgehead atoms. The summed E-state index contributed by atoms with van der Waals surface area (Å²) in [6.07, 6.45) is 3.19. The van der Waals surface area contributed by atoms with Gasteiger partial charge in [-0.15, -0.1) is 0 Å². The first kappa shape index (κ1) is 13.8. The molecule has 2 aromatic rings. The molecule has 5 heteroatoms. The summed E-state index contributed by atoms with van der Waals surface area (Å²) < 4.78 is 66.8. The zero-order chi connectivity index (χ0) is 15.1. The first-order valence-electron chi connectivity index (χ1n) is 6.28. The topological polar surface area (TPSA) is 0 Å². The van der Waals surface area contributed by atoms with Crippen LogP contribution in [-0.4, -0.2) is 0 Å². The van der Waals surface area contributed by atoms with Crippen molar-refractivity contribution in [1.82, 2.24) is 0 Å². The van der Waals surface area contributed by atoms with Crippen molar-refractivity contribution in [2.24, 2.45) is 0 Å². The van der Waals surface area contributed by atoms with Gasteiger partial charge in [0, 0.05) is 11.5 Å². The van der Waals surface area contributed by atoms with Crippen LogP contribution in [0.1, 0.15) is 22.6 Å². The fourth-order valence-electron chi connectivity index (χ4n) is 2.55. The summed E-state index contributed by atoms with van der Waals surface area (Å²) in [5, 5.41) is 0. The van der Waals surface area contributed by atoms with E-state index in [4.69, 9.17) is 0 Å². The van der Waals surface area contributed by atoms with Gasteiger partial charge in [0.05, 0.1) is 0 Å². The Hall–Kier alpha value is -2.17. The van der Waals surface area contributed by atoms with E-state index < -0.39 is 40.6 Å². The third kappa shape index (κ3) is 2.13. The zero-order valence-electron chi connectivity index (χ0n) is 10.6. The molecular weight excluding hydrogens is 287 g/mol. The Balaban J connectivity index is 2.03. The first-order valence-corrected chi connectivity index (χ1v) is 6.28. The van der Waals surface area contributed by atoms with Crippen LogP contribution < -0.4 is 0 Å². The third-order valence-electron chi connectivity index (χ3n) is 3.63. The molecule has 0 aliphatic heterocycles. The molecule has 0 heterocycles. The van der Waals surface area contributed by atoms with Crippen molar-refractivity contribution in [1.29, 1.82) is 0 Å². The maximum absolute atomic E-state index is 13.7. The van der Waals surface area contributed by atoms with Crippen molar-refractivity contribution in [3.63, 3.8) is 0 Å². The lowest BCUT2D eigenvalue weighted by Gasteiger charge is -2.13. The zero-order valence-corrected chi connectivity index (χ0v) is 10.6. The molecule has 0 radical (unpaired) electrons. The summed E-state index contributed by atoms with van der Waals surface area (Å²) in [7, 11) is 0. The molecule has 1 atom stereocenters. The maximum Gasteiger partial charge on any atom is 0.200 e. The van der Waals surface area contributed by atoms with Gasteiger partial charge in [0.1, 0.15) is 0 Å². The fraction of sp³-hybridized carbons (Fsp3) is 0.125. The Kier molecular flexibility index (Phi) is 3.27. The number of rotatable bonds is 2. The van der Waals surface area contributed by atoms with E-state index in [1.54, 1.807) is 24.3 Å². The first-order chi connectivity index (χ1) is 10.0. The van der Waals surface area contributed by atoms with Gasteiger partial charge < -0.3 is 0 Å². The Morgan fingerprint density at radius 3 is 2.00 bits per heavy atom. The van der Waals surface area contributed by atoms with E-state index in [1.165, 1.54) is 0 Å². The lowest BCUT2D eigenvalue weighted by Crippen LogP contribution is -2.10. The second kappa shape index (κ2) is 4.98. The van der Waals surface area contributed by atoms with Crippen molar-refractivity contribution in [2.75, 3.05) is 0 Å². The van der Waals surface area contributed by atoms with Gasteiger partial charge in [0.2, 0.25) is 5.82 Å². The van der Waals surface area contributed by atoms with Gasteiger partial charge in [-0.2, -0.15) is 0 Å². The molecular formula is C16H9F5. The highest BCUT2D eigenvalue weighted by molar-refractivity contribution is 5.62. The molecule has 2 aromatic carbocycles. The van der Waals surface area contributed by atoms with Crippen LogP contribution >= 0.6 is 0 Å². The van der Waals surface area contributed by atoms with Gasteiger partial charge >= 0.3 is 0 Å². The number of hydrogen-bond acceptors (Lipinski definition) is 0. The molecule has 108 valence electrons. The SMILES string of the molecule is Fc1c(F)c(F)c(CC2C=Cc3ccccc32)c(F)c1F. The van der Waals surface area contributed by atoms with Crippen LogP contribution in [-0.2, 0) is 6.42 Å². The van der Waals surface area contributed by atoms with E-state index in [0.29, 0.717) is 0 Å². The quantitative estimate of drug-likeness (QED) is 0.427. The van der Waals surface area contributed by atoms with Gasteiger partial charge in [-0.25, -0.2) is 22.0 Å². The molecule has 0 fully saturated rings. The van der Waals surface area contributed by atoms with Crippen molar-refractivity contribution in [2.45, 2.75) is 12.3 Å². The van der Waals surface area contributed by atoms with Crippen LogP contribution in [0.25, 0.3) is 6.08 Å². The number of benzene rings is 2. The van der Waals surface area contributed by atoms with Gasteiger partial charge in [-0.3, -0.25) is 0 Å². The summed E-state index contributed by atoms with van der Waals surface area (Å²) in [5.41, 5.74) is 0.908. The van der Waals surface area contributed by atoms with Crippen molar-refractivity contribution in [3.8, 4) is 0 Å². The molecule has 3 rings (SSSR count). The van der Waals surface area contributed by atoms with Crippen LogP contribution in [0.2, 0.25) is 0 Å². The van der Waals surface area contributed by atoms with E-state index >= 15 is 0 Å². The third-order valence-corrected chi connectivity index (χ3v) is 3.63. The van der Waals surface area contributed by atoms with E-state index in [1.807, 2.05) is 12.1 Å². The normalized spacial score (nSPS) is 16.3. The molecule has 0 amide bonds. The van der Waals surface area contributed by atoms with E-state index in [-0.39, 0.29) is 6.42 Å². The highest BCUT2D eigenvalue weighted by Crippen LogP contribution is 2.34. The molecule has 1 unspecified atom stereocenters. The summed E-state index contributed by atoms with van der Waals surface area (Å²) in [6.45, 7) is 0. The number of allylic oxidation sites excluding steroid dienone is 1. The maximum atomic E-state index is 13.7. The molecule has 1 aliphatic carbocycles. The van der Waals surface area contributed by atoms with Gasteiger partial charge in [-0.05, 0) is 17.5 Å². The Labute approximate surface area is 117 Å². The van der Waals surface area contributed by atoms with Gasteiger partial charge in [0.15, 0.2) is 23.3 Å². The molecule has 0 saturated heterocycles. The summed E-state index contributed by atoms with van der Waals surface area (Å²) in [6, 6.07) is 7.16. The minimum atomic E-state index is -2.13. The predicted molar refractivity (Wildman–Crippen MR) is 68.2 cm³/mol. The lowest BCUT2D eigenvalue weighted by molar-refractivity contribution is 0.369. The lowest BCUT2D eigenvalue weighted by atomic mass is 9.93. The van der Waals surface area contributed by atoms with Crippen molar-refractivity contribution >= 4 is 6.08 Å². The van der Waals surface area contributed by atoms with Crippen LogP contribution in [0.3, 0.4) is 0 Å². The molecule has 21 heavy (non-hydrogen) atoms. The minimum Gasteiger partial charge on any atom is -0.203 e. The van der Waals surface area contributed by atoms with Crippen molar-refractivity contribution < 1.29 is 22.0 Å². The predicted octanol–water partition coefficient (Wildman–Crippen LogP) is 4.74. The molecule has 0 nitrogen and oxygen atoms in total. The summed E-state index contributed by atoms with van der Waals surface area (Å²) in [4.78, 5) is 0. The Morgan fingerprint density at radius 2 is 1.33 bits per heavy atom. The average Bonchev–Trinajstić information content (AvgIpc) is 2.91. The summed E-state index contributed by atoms with van der Waals surface area (Å²) >= 11 is 0.